The second kappa shape index (κ2) is 6.34. The van der Waals surface area contributed by atoms with Crippen molar-refractivity contribution in [1.82, 2.24) is 4.90 Å². The van der Waals surface area contributed by atoms with Crippen LogP contribution in [0.5, 0.6) is 0 Å². The molecule has 26 heavy (non-hydrogen) atoms. The third-order valence-corrected chi connectivity index (χ3v) is 5.94. The van der Waals surface area contributed by atoms with Crippen LogP contribution in [0.2, 0.25) is 0 Å². The zero-order chi connectivity index (χ0) is 19.3. The van der Waals surface area contributed by atoms with Crippen molar-refractivity contribution in [1.29, 1.82) is 5.26 Å². The van der Waals surface area contributed by atoms with Crippen LogP contribution >= 0.6 is 11.3 Å². The van der Waals surface area contributed by atoms with E-state index in [2.05, 4.69) is 11.1 Å². The molecule has 8 heteroatoms. The highest BCUT2D eigenvalue weighted by Crippen LogP contribution is 2.41. The van der Waals surface area contributed by atoms with Crippen LogP contribution in [0.3, 0.4) is 0 Å². The molecule has 5 nitrogen and oxygen atoms in total. The molecular weight excluding hydrogens is 352 g/mol. The number of hydrogen-bond acceptors (Lipinski definition) is 5. The Morgan fingerprint density at radius 3 is 2.38 bits per heavy atom. The Morgan fingerprint density at radius 2 is 1.85 bits per heavy atom. The minimum Gasteiger partial charge on any atom is -0.399 e. The average Bonchev–Trinajstić information content (AvgIpc) is 3.00. The molecule has 0 saturated carbocycles. The van der Waals surface area contributed by atoms with E-state index >= 15 is 0 Å². The van der Waals surface area contributed by atoms with E-state index in [1.54, 1.807) is 17.3 Å². The molecular formula is C18H21BFN3O2S. The Balaban J connectivity index is 2.20. The standard InChI is InChI=1S/C18H21BFN3O2S/c1-17(2)18(3,4)25-19(24-17)12-7-8-13(20)15-14(12)11(9-21)16(26-15)22-10-23(5)6/h7-8,10H,1-6H3/b22-10+. The zero-order valence-corrected chi connectivity index (χ0v) is 16.6. The highest BCUT2D eigenvalue weighted by Gasteiger charge is 2.52. The summed E-state index contributed by atoms with van der Waals surface area (Å²) < 4.78 is 27.0. The molecule has 0 bridgehead atoms. The quantitative estimate of drug-likeness (QED) is 0.470. The molecule has 0 radical (unpaired) electrons. The van der Waals surface area contributed by atoms with Gasteiger partial charge in [0.05, 0.1) is 27.8 Å². The third kappa shape index (κ3) is 3.00. The largest absolute Gasteiger partial charge is 0.495 e. The Bertz CT molecular complexity index is 915. The normalized spacial score (nSPS) is 18.6. The molecule has 1 fully saturated rings. The van der Waals surface area contributed by atoms with Crippen molar-refractivity contribution in [2.24, 2.45) is 4.99 Å². The minimum absolute atomic E-state index is 0.340. The second-order valence-corrected chi connectivity index (χ2v) is 8.53. The number of halogens is 1. The molecule has 0 spiro atoms. The maximum Gasteiger partial charge on any atom is 0.495 e. The fourth-order valence-electron chi connectivity index (χ4n) is 2.71. The van der Waals surface area contributed by atoms with Gasteiger partial charge in [-0.15, -0.1) is 11.3 Å². The van der Waals surface area contributed by atoms with E-state index < -0.39 is 18.3 Å². The van der Waals surface area contributed by atoms with Crippen molar-refractivity contribution in [3.05, 3.63) is 23.5 Å². The molecule has 2 aromatic rings. The molecule has 1 aromatic carbocycles. The molecule has 1 aliphatic heterocycles. The van der Waals surface area contributed by atoms with Gasteiger partial charge in [-0.3, -0.25) is 0 Å². The Hall–Kier alpha value is -1.95. The molecule has 0 aliphatic carbocycles. The van der Waals surface area contributed by atoms with E-state index in [1.165, 1.54) is 6.07 Å². The molecule has 0 unspecified atom stereocenters. The fraction of sp³-hybridized carbons (Fsp3) is 0.444. The molecule has 1 saturated heterocycles. The van der Waals surface area contributed by atoms with Crippen LogP contribution < -0.4 is 5.46 Å². The maximum atomic E-state index is 14.4. The number of nitriles is 1. The Kier molecular flexibility index (Phi) is 4.59. The Labute approximate surface area is 157 Å². The van der Waals surface area contributed by atoms with Crippen molar-refractivity contribution in [3.8, 4) is 6.07 Å². The summed E-state index contributed by atoms with van der Waals surface area (Å²) in [4.78, 5) is 6.09. The summed E-state index contributed by atoms with van der Waals surface area (Å²) in [5, 5.41) is 10.7. The minimum atomic E-state index is -0.671. The van der Waals surface area contributed by atoms with E-state index in [-0.39, 0.29) is 5.82 Å². The predicted octanol–water partition coefficient (Wildman–Crippen LogP) is 3.43. The molecule has 1 aliphatic rings. The fourth-order valence-corrected chi connectivity index (χ4v) is 3.74. The summed E-state index contributed by atoms with van der Waals surface area (Å²) in [6, 6.07) is 5.20. The van der Waals surface area contributed by atoms with Crippen molar-refractivity contribution >= 4 is 45.3 Å². The Morgan fingerprint density at radius 1 is 1.23 bits per heavy atom. The first kappa shape index (κ1) is 18.8. The smallest absolute Gasteiger partial charge is 0.399 e. The number of rotatable bonds is 3. The highest BCUT2D eigenvalue weighted by atomic mass is 32.1. The maximum absolute atomic E-state index is 14.4. The van der Waals surface area contributed by atoms with Gasteiger partial charge in [-0.05, 0) is 39.2 Å². The van der Waals surface area contributed by atoms with E-state index in [9.17, 15) is 9.65 Å². The molecule has 0 N–H and O–H groups in total. The van der Waals surface area contributed by atoms with Crippen LogP contribution in [0.15, 0.2) is 17.1 Å². The molecule has 0 amide bonds. The topological polar surface area (TPSA) is 57.9 Å². The number of benzene rings is 1. The van der Waals surface area contributed by atoms with Gasteiger partial charge in [0.25, 0.3) is 0 Å². The van der Waals surface area contributed by atoms with Crippen LogP contribution in [0.25, 0.3) is 10.1 Å². The van der Waals surface area contributed by atoms with Gasteiger partial charge >= 0.3 is 7.12 Å². The van der Waals surface area contributed by atoms with Gasteiger partial charge in [0.15, 0.2) is 0 Å². The van der Waals surface area contributed by atoms with Gasteiger partial charge in [0, 0.05) is 19.5 Å². The highest BCUT2D eigenvalue weighted by molar-refractivity contribution is 7.23. The van der Waals surface area contributed by atoms with Gasteiger partial charge in [-0.2, -0.15) is 5.26 Å². The van der Waals surface area contributed by atoms with Crippen LogP contribution in [0, 0.1) is 17.1 Å². The summed E-state index contributed by atoms with van der Waals surface area (Å²) in [6.45, 7) is 7.83. The lowest BCUT2D eigenvalue weighted by molar-refractivity contribution is 0.00578. The van der Waals surface area contributed by atoms with Crippen LogP contribution in [0.1, 0.15) is 33.3 Å². The lowest BCUT2D eigenvalue weighted by Crippen LogP contribution is -2.41. The first-order valence-corrected chi connectivity index (χ1v) is 9.10. The van der Waals surface area contributed by atoms with Gasteiger partial charge in [0.1, 0.15) is 16.9 Å². The summed E-state index contributed by atoms with van der Waals surface area (Å²) in [5.74, 6) is -0.381. The summed E-state index contributed by atoms with van der Waals surface area (Å²) in [5.41, 5.74) is -0.0494. The molecule has 0 atom stereocenters. The molecule has 1 aromatic heterocycles. The molecule has 3 rings (SSSR count). The number of aliphatic imine (C=N–C) groups is 1. The number of fused-ring (bicyclic) bond motifs is 1. The van der Waals surface area contributed by atoms with E-state index in [0.29, 0.717) is 26.1 Å². The van der Waals surface area contributed by atoms with E-state index in [4.69, 9.17) is 9.31 Å². The van der Waals surface area contributed by atoms with Crippen LogP contribution in [-0.4, -0.2) is 43.7 Å². The molecule has 136 valence electrons. The van der Waals surface area contributed by atoms with Crippen molar-refractivity contribution in [3.63, 3.8) is 0 Å². The van der Waals surface area contributed by atoms with Crippen LogP contribution in [-0.2, 0) is 9.31 Å². The molecule has 2 heterocycles. The lowest BCUT2D eigenvalue weighted by Gasteiger charge is -2.32. The van der Waals surface area contributed by atoms with E-state index in [1.807, 2.05) is 41.8 Å². The lowest BCUT2D eigenvalue weighted by atomic mass is 9.76. The summed E-state index contributed by atoms with van der Waals surface area (Å²) in [7, 11) is 2.99. The van der Waals surface area contributed by atoms with Gasteiger partial charge in [0.2, 0.25) is 0 Å². The van der Waals surface area contributed by atoms with Gasteiger partial charge in [-0.1, -0.05) is 6.07 Å². The zero-order valence-electron chi connectivity index (χ0n) is 15.8. The van der Waals surface area contributed by atoms with Crippen molar-refractivity contribution in [2.75, 3.05) is 14.1 Å². The third-order valence-electron chi connectivity index (χ3n) is 4.83. The van der Waals surface area contributed by atoms with Gasteiger partial charge in [-0.25, -0.2) is 9.38 Å². The summed E-state index contributed by atoms with van der Waals surface area (Å²) >= 11 is 1.16. The number of nitrogens with zero attached hydrogens (tertiary/aromatic N) is 3. The van der Waals surface area contributed by atoms with Crippen molar-refractivity contribution < 1.29 is 13.7 Å². The number of thiophene rings is 1. The first-order chi connectivity index (χ1) is 12.1. The van der Waals surface area contributed by atoms with E-state index in [0.717, 1.165) is 11.3 Å². The van der Waals surface area contributed by atoms with Crippen molar-refractivity contribution in [2.45, 2.75) is 38.9 Å². The predicted molar refractivity (Wildman–Crippen MR) is 104 cm³/mol. The average molecular weight is 373 g/mol. The monoisotopic (exact) mass is 373 g/mol. The van der Waals surface area contributed by atoms with Gasteiger partial charge < -0.3 is 14.2 Å². The first-order valence-electron chi connectivity index (χ1n) is 8.28. The second-order valence-electron chi connectivity index (χ2n) is 7.53. The van der Waals surface area contributed by atoms with Crippen LogP contribution in [0.4, 0.5) is 9.39 Å². The number of hydrogen-bond donors (Lipinski definition) is 0. The summed E-state index contributed by atoms with van der Waals surface area (Å²) in [6.07, 6.45) is 1.60. The SMILES string of the molecule is CN(C)/C=N/c1sc2c(F)ccc(B3OC(C)(C)C(C)(C)O3)c2c1C#N.